The molecule has 0 radical (unpaired) electrons. The molecule has 3 amide bonds. The lowest BCUT2D eigenvalue weighted by atomic mass is 10.1. The van der Waals surface area contributed by atoms with E-state index in [-0.39, 0.29) is 12.6 Å². The average molecular weight is 330 g/mol. The summed E-state index contributed by atoms with van der Waals surface area (Å²) in [6.45, 7) is 5.51. The first-order chi connectivity index (χ1) is 11.5. The van der Waals surface area contributed by atoms with E-state index in [2.05, 4.69) is 23.3 Å². The summed E-state index contributed by atoms with van der Waals surface area (Å²) in [4.78, 5) is 28.4. The van der Waals surface area contributed by atoms with Crippen LogP contribution in [-0.2, 0) is 16.1 Å². The quantitative estimate of drug-likeness (QED) is 0.788. The Morgan fingerprint density at radius 2 is 2.21 bits per heavy atom. The van der Waals surface area contributed by atoms with Crippen molar-refractivity contribution >= 4 is 22.8 Å². The van der Waals surface area contributed by atoms with E-state index < -0.39 is 12.0 Å². The van der Waals surface area contributed by atoms with Gasteiger partial charge >= 0.3 is 6.03 Å². The third-order valence-electron chi connectivity index (χ3n) is 4.49. The molecule has 7 heteroatoms. The van der Waals surface area contributed by atoms with Crippen molar-refractivity contribution in [3.05, 3.63) is 35.0 Å². The van der Waals surface area contributed by atoms with Crippen LogP contribution in [-0.4, -0.2) is 47.6 Å². The number of hydrogen-bond acceptors (Lipinski definition) is 3. The zero-order chi connectivity index (χ0) is 17.3. The van der Waals surface area contributed by atoms with E-state index >= 15 is 0 Å². The lowest BCUT2D eigenvalue weighted by Crippen LogP contribution is -2.53. The van der Waals surface area contributed by atoms with Crippen molar-refractivity contribution in [3.63, 3.8) is 0 Å². The van der Waals surface area contributed by atoms with Crippen LogP contribution >= 0.6 is 0 Å². The van der Waals surface area contributed by atoms with Crippen molar-refractivity contribution in [1.29, 1.82) is 0 Å². The lowest BCUT2D eigenvalue weighted by molar-refractivity contribution is -0.133. The molecule has 1 aliphatic rings. The number of nitrogens with one attached hydrogen (secondary N) is 2. The number of hydrogen-bond donors (Lipinski definition) is 3. The lowest BCUT2D eigenvalue weighted by Gasteiger charge is -2.31. The third kappa shape index (κ3) is 3.21. The monoisotopic (exact) mass is 330 g/mol. The molecule has 1 saturated heterocycles. The Balaban J connectivity index is 1.63. The fraction of sp³-hybridized carbons (Fsp3) is 0.412. The van der Waals surface area contributed by atoms with E-state index in [0.717, 1.165) is 16.8 Å². The first-order valence-corrected chi connectivity index (χ1v) is 7.97. The molecule has 3 rings (SSSR count). The van der Waals surface area contributed by atoms with Gasteiger partial charge in [-0.15, -0.1) is 0 Å². The maximum absolute atomic E-state index is 12.3. The number of aromatic nitrogens is 1. The van der Waals surface area contributed by atoms with Gasteiger partial charge in [0.05, 0.1) is 13.2 Å². The van der Waals surface area contributed by atoms with Gasteiger partial charge in [-0.3, -0.25) is 4.79 Å². The number of carbonyl (C=O) groups is 2. The molecule has 128 valence electrons. The Morgan fingerprint density at radius 1 is 1.42 bits per heavy atom. The molecule has 4 N–H and O–H groups in total. The highest BCUT2D eigenvalue weighted by molar-refractivity contribution is 5.85. The topological polar surface area (TPSA) is 100 Å². The molecule has 0 saturated carbocycles. The van der Waals surface area contributed by atoms with Crippen LogP contribution in [0.1, 0.15) is 16.8 Å². The fourth-order valence-corrected chi connectivity index (χ4v) is 2.91. The predicted molar refractivity (Wildman–Crippen MR) is 90.5 cm³/mol. The number of ether oxygens (including phenoxy) is 1. The molecule has 1 fully saturated rings. The van der Waals surface area contributed by atoms with Crippen molar-refractivity contribution in [2.45, 2.75) is 26.5 Å². The summed E-state index contributed by atoms with van der Waals surface area (Å²) in [6, 6.07) is 5.88. The number of aromatic amines is 1. The van der Waals surface area contributed by atoms with Crippen molar-refractivity contribution in [3.8, 4) is 0 Å². The van der Waals surface area contributed by atoms with Crippen LogP contribution in [0.3, 0.4) is 0 Å². The highest BCUT2D eigenvalue weighted by atomic mass is 16.5. The highest BCUT2D eigenvalue weighted by Gasteiger charge is 2.27. The molecule has 0 spiro atoms. The molecule has 0 unspecified atom stereocenters. The first-order valence-electron chi connectivity index (χ1n) is 7.97. The minimum Gasteiger partial charge on any atom is -0.367 e. The minimum absolute atomic E-state index is 0.191. The average Bonchev–Trinajstić information content (AvgIpc) is 2.87. The molecule has 1 aromatic carbocycles. The van der Waals surface area contributed by atoms with E-state index in [4.69, 9.17) is 10.5 Å². The van der Waals surface area contributed by atoms with Crippen molar-refractivity contribution in [2.24, 2.45) is 5.73 Å². The van der Waals surface area contributed by atoms with Crippen LogP contribution in [0.5, 0.6) is 0 Å². The van der Waals surface area contributed by atoms with Crippen LogP contribution in [0.2, 0.25) is 0 Å². The Kier molecular flexibility index (Phi) is 4.44. The van der Waals surface area contributed by atoms with Crippen molar-refractivity contribution in [2.75, 3.05) is 19.7 Å². The van der Waals surface area contributed by atoms with Crippen LogP contribution in [0, 0.1) is 13.8 Å². The minimum atomic E-state index is -0.730. The van der Waals surface area contributed by atoms with Gasteiger partial charge in [-0.1, -0.05) is 6.07 Å². The SMILES string of the molecule is Cc1[nH]c2ccc(CNC(=O)N3CCO[C@H](C(N)=O)C3)cc2c1C. The fourth-order valence-electron chi connectivity index (χ4n) is 2.91. The van der Waals surface area contributed by atoms with Gasteiger partial charge in [0.25, 0.3) is 0 Å². The number of carbonyl (C=O) groups excluding carboxylic acids is 2. The van der Waals surface area contributed by atoms with Crippen LogP contribution in [0.15, 0.2) is 18.2 Å². The van der Waals surface area contributed by atoms with Gasteiger partial charge in [0.15, 0.2) is 6.10 Å². The number of nitrogens with two attached hydrogens (primary N) is 1. The number of rotatable bonds is 3. The molecular weight excluding hydrogens is 308 g/mol. The summed E-state index contributed by atoms with van der Waals surface area (Å²) < 4.78 is 5.25. The Morgan fingerprint density at radius 3 is 2.96 bits per heavy atom. The second-order valence-corrected chi connectivity index (χ2v) is 6.12. The molecule has 0 aliphatic carbocycles. The molecule has 1 aliphatic heterocycles. The largest absolute Gasteiger partial charge is 0.367 e. The van der Waals surface area contributed by atoms with Gasteiger partial charge in [-0.05, 0) is 37.1 Å². The smallest absolute Gasteiger partial charge is 0.317 e. The number of H-pyrrole nitrogens is 1. The molecule has 2 heterocycles. The molecular formula is C17H22N4O3. The summed E-state index contributed by atoms with van der Waals surface area (Å²) in [5.74, 6) is -0.545. The normalized spacial score (nSPS) is 17.9. The third-order valence-corrected chi connectivity index (χ3v) is 4.49. The molecule has 24 heavy (non-hydrogen) atoms. The van der Waals surface area contributed by atoms with E-state index in [1.54, 1.807) is 4.90 Å². The maximum Gasteiger partial charge on any atom is 0.317 e. The van der Waals surface area contributed by atoms with E-state index in [1.807, 2.05) is 19.1 Å². The van der Waals surface area contributed by atoms with E-state index in [1.165, 1.54) is 10.9 Å². The Bertz CT molecular complexity index is 783. The molecule has 1 atom stereocenters. The summed E-state index contributed by atoms with van der Waals surface area (Å²) in [5, 5.41) is 4.05. The number of fused-ring (bicyclic) bond motifs is 1. The van der Waals surface area contributed by atoms with Crippen LogP contribution in [0.25, 0.3) is 10.9 Å². The molecule has 0 bridgehead atoms. The highest BCUT2D eigenvalue weighted by Crippen LogP contribution is 2.22. The number of amides is 3. The predicted octanol–water partition coefficient (Wildman–Crippen LogP) is 1.18. The number of primary amides is 1. The second kappa shape index (κ2) is 6.52. The van der Waals surface area contributed by atoms with Crippen molar-refractivity contribution < 1.29 is 14.3 Å². The first kappa shape index (κ1) is 16.3. The Hall–Kier alpha value is -2.54. The second-order valence-electron chi connectivity index (χ2n) is 6.12. The number of nitrogens with zero attached hydrogens (tertiary/aromatic N) is 1. The van der Waals surface area contributed by atoms with Gasteiger partial charge in [-0.2, -0.15) is 0 Å². The van der Waals surface area contributed by atoms with Gasteiger partial charge < -0.3 is 25.7 Å². The number of aryl methyl sites for hydroxylation is 2. The summed E-state index contributed by atoms with van der Waals surface area (Å²) in [7, 11) is 0. The molecule has 7 nitrogen and oxygen atoms in total. The Labute approximate surface area is 140 Å². The number of benzene rings is 1. The zero-order valence-corrected chi connectivity index (χ0v) is 13.9. The van der Waals surface area contributed by atoms with Crippen molar-refractivity contribution in [1.82, 2.24) is 15.2 Å². The standard InChI is InChI=1S/C17H22N4O3/c1-10-11(2)20-14-4-3-12(7-13(10)14)8-19-17(23)21-5-6-24-15(9-21)16(18)22/h3-4,7,15,20H,5-6,8-9H2,1-2H3,(H2,18,22)(H,19,23)/t15-/m0/s1. The molecule has 2 aromatic rings. The van der Waals surface area contributed by atoms with Gasteiger partial charge in [0, 0.05) is 29.7 Å². The molecule has 1 aromatic heterocycles. The summed E-state index contributed by atoms with van der Waals surface area (Å²) in [6.07, 6.45) is -0.730. The summed E-state index contributed by atoms with van der Waals surface area (Å²) >= 11 is 0. The van der Waals surface area contributed by atoms with Gasteiger partial charge in [0.2, 0.25) is 5.91 Å². The maximum atomic E-state index is 12.3. The van der Waals surface area contributed by atoms with Gasteiger partial charge in [0.1, 0.15) is 0 Å². The van der Waals surface area contributed by atoms with Crippen LogP contribution in [0.4, 0.5) is 4.79 Å². The van der Waals surface area contributed by atoms with Gasteiger partial charge in [-0.25, -0.2) is 4.79 Å². The summed E-state index contributed by atoms with van der Waals surface area (Å²) in [5.41, 5.74) is 9.73. The van der Waals surface area contributed by atoms with E-state index in [0.29, 0.717) is 19.7 Å². The number of urea groups is 1. The van der Waals surface area contributed by atoms with E-state index in [9.17, 15) is 9.59 Å². The number of morpholine rings is 1. The zero-order valence-electron chi connectivity index (χ0n) is 13.9. The van der Waals surface area contributed by atoms with Crippen LogP contribution < -0.4 is 11.1 Å².